The van der Waals surface area contributed by atoms with Crippen LogP contribution in [0.2, 0.25) is 0 Å². The largest absolute Gasteiger partial charge is 0.379 e. The van der Waals surface area contributed by atoms with Crippen LogP contribution in [0.15, 0.2) is 52.4 Å². The Morgan fingerprint density at radius 2 is 1.82 bits per heavy atom. The van der Waals surface area contributed by atoms with Crippen LogP contribution in [0.3, 0.4) is 0 Å². The van der Waals surface area contributed by atoms with Gasteiger partial charge in [-0.3, -0.25) is 9.36 Å². The number of rotatable bonds is 9. The van der Waals surface area contributed by atoms with Gasteiger partial charge in [0.05, 0.1) is 28.4 Å². The first-order valence-corrected chi connectivity index (χ1v) is 12.0. The summed E-state index contributed by atoms with van der Waals surface area (Å²) in [7, 11) is 0. The van der Waals surface area contributed by atoms with E-state index in [2.05, 4.69) is 15.5 Å². The molecule has 0 amide bonds. The molecule has 2 heterocycles. The van der Waals surface area contributed by atoms with Gasteiger partial charge >= 0.3 is 0 Å². The van der Waals surface area contributed by atoms with Crippen LogP contribution in [0.4, 0.5) is 0 Å². The summed E-state index contributed by atoms with van der Waals surface area (Å²) in [5, 5.41) is 13.6. The predicted molar refractivity (Wildman–Crippen MR) is 130 cm³/mol. The lowest BCUT2D eigenvalue weighted by atomic mass is 10.1. The van der Waals surface area contributed by atoms with E-state index >= 15 is 0 Å². The molecule has 0 unspecified atom stereocenters. The molecule has 9 heteroatoms. The SMILES string of the molecule is Cc1cccc(C)c1-n1nnnc1CSc1nc2ccccc2c(=O)n1CCCOC(C)C. The average Bonchev–Trinajstić information content (AvgIpc) is 3.24. The maximum absolute atomic E-state index is 13.2. The lowest BCUT2D eigenvalue weighted by Gasteiger charge is -2.14. The second kappa shape index (κ2) is 10.3. The minimum Gasteiger partial charge on any atom is -0.379 e. The average molecular weight is 465 g/mol. The fourth-order valence-electron chi connectivity index (χ4n) is 3.73. The van der Waals surface area contributed by atoms with Gasteiger partial charge < -0.3 is 4.74 Å². The Kier molecular flexibility index (Phi) is 7.20. The van der Waals surface area contributed by atoms with Crippen LogP contribution in [0.1, 0.15) is 37.2 Å². The first-order valence-electron chi connectivity index (χ1n) is 11.0. The molecule has 0 aliphatic rings. The molecule has 0 radical (unpaired) electrons. The van der Waals surface area contributed by atoms with E-state index in [9.17, 15) is 4.79 Å². The van der Waals surface area contributed by atoms with E-state index in [4.69, 9.17) is 9.72 Å². The molecule has 0 saturated heterocycles. The lowest BCUT2D eigenvalue weighted by Crippen LogP contribution is -2.24. The maximum Gasteiger partial charge on any atom is 0.262 e. The van der Waals surface area contributed by atoms with Crippen LogP contribution in [0, 0.1) is 13.8 Å². The van der Waals surface area contributed by atoms with Gasteiger partial charge in [-0.25, -0.2) is 4.98 Å². The number of hydrogen-bond donors (Lipinski definition) is 0. The number of ether oxygens (including phenoxy) is 1. The molecule has 0 aliphatic heterocycles. The van der Waals surface area contributed by atoms with Crippen molar-refractivity contribution in [3.05, 3.63) is 69.8 Å². The highest BCUT2D eigenvalue weighted by atomic mass is 32.2. The first kappa shape index (κ1) is 23.1. The maximum atomic E-state index is 13.2. The van der Waals surface area contributed by atoms with Crippen molar-refractivity contribution in [2.45, 2.75) is 57.7 Å². The van der Waals surface area contributed by atoms with Gasteiger partial charge in [0.1, 0.15) is 0 Å². The van der Waals surface area contributed by atoms with Crippen molar-refractivity contribution in [2.75, 3.05) is 6.61 Å². The smallest absolute Gasteiger partial charge is 0.262 e. The Morgan fingerprint density at radius 3 is 2.58 bits per heavy atom. The molecule has 33 heavy (non-hydrogen) atoms. The highest BCUT2D eigenvalue weighted by Crippen LogP contribution is 2.24. The molecule has 4 aromatic rings. The van der Waals surface area contributed by atoms with Crippen molar-refractivity contribution in [3.63, 3.8) is 0 Å². The van der Waals surface area contributed by atoms with Crippen LogP contribution >= 0.6 is 11.8 Å². The van der Waals surface area contributed by atoms with E-state index in [0.29, 0.717) is 40.8 Å². The summed E-state index contributed by atoms with van der Waals surface area (Å²) in [5.41, 5.74) is 3.82. The normalized spacial score (nSPS) is 11.5. The molecule has 0 fully saturated rings. The number of benzene rings is 2. The number of hydrogen-bond acceptors (Lipinski definition) is 7. The number of para-hydroxylation sites is 2. The topological polar surface area (TPSA) is 87.7 Å². The zero-order valence-electron chi connectivity index (χ0n) is 19.4. The van der Waals surface area contributed by atoms with E-state index < -0.39 is 0 Å². The van der Waals surface area contributed by atoms with E-state index in [-0.39, 0.29) is 11.7 Å². The van der Waals surface area contributed by atoms with E-state index in [1.165, 1.54) is 11.8 Å². The standard InChI is InChI=1S/C24H28N6O2S/c1-16(2)32-14-8-13-29-23(31)19-11-5-6-12-20(19)25-24(29)33-15-21-26-27-28-30(21)22-17(3)9-7-10-18(22)4/h5-7,9-12,16H,8,13-15H2,1-4H3. The summed E-state index contributed by atoms with van der Waals surface area (Å²) in [5.74, 6) is 1.18. The quantitative estimate of drug-likeness (QED) is 0.209. The highest BCUT2D eigenvalue weighted by molar-refractivity contribution is 7.98. The molecule has 4 rings (SSSR count). The first-order chi connectivity index (χ1) is 16.0. The number of thioether (sulfide) groups is 1. The van der Waals surface area contributed by atoms with E-state index in [0.717, 1.165) is 23.2 Å². The Hall–Kier alpha value is -3.04. The van der Waals surface area contributed by atoms with Gasteiger partial charge in [0, 0.05) is 13.2 Å². The van der Waals surface area contributed by atoms with Crippen LogP contribution in [-0.2, 0) is 17.0 Å². The summed E-state index contributed by atoms with van der Waals surface area (Å²) in [6.07, 6.45) is 0.889. The van der Waals surface area contributed by atoms with Crippen molar-refractivity contribution in [2.24, 2.45) is 0 Å². The zero-order chi connectivity index (χ0) is 23.4. The van der Waals surface area contributed by atoms with Gasteiger partial charge in [0.2, 0.25) is 0 Å². The van der Waals surface area contributed by atoms with Crippen molar-refractivity contribution < 1.29 is 4.74 Å². The van der Waals surface area contributed by atoms with Crippen molar-refractivity contribution in [1.29, 1.82) is 0 Å². The van der Waals surface area contributed by atoms with Crippen molar-refractivity contribution in [1.82, 2.24) is 29.8 Å². The summed E-state index contributed by atoms with van der Waals surface area (Å²) < 4.78 is 9.18. The van der Waals surface area contributed by atoms with Crippen LogP contribution in [0.5, 0.6) is 0 Å². The molecule has 2 aromatic carbocycles. The van der Waals surface area contributed by atoms with Crippen molar-refractivity contribution >= 4 is 22.7 Å². The van der Waals surface area contributed by atoms with Gasteiger partial charge in [-0.2, -0.15) is 4.68 Å². The molecular weight excluding hydrogens is 436 g/mol. The number of aryl methyl sites for hydroxylation is 2. The number of nitrogens with zero attached hydrogens (tertiary/aromatic N) is 6. The molecule has 0 bridgehead atoms. The van der Waals surface area contributed by atoms with Crippen LogP contribution in [-0.4, -0.2) is 42.5 Å². The fraction of sp³-hybridized carbons (Fsp3) is 0.375. The van der Waals surface area contributed by atoms with Crippen LogP contribution < -0.4 is 5.56 Å². The fourth-order valence-corrected chi connectivity index (χ4v) is 4.67. The highest BCUT2D eigenvalue weighted by Gasteiger charge is 2.16. The Labute approximate surface area is 197 Å². The molecule has 0 N–H and O–H groups in total. The molecular formula is C24H28N6O2S. The predicted octanol–water partition coefficient (Wildman–Crippen LogP) is 4.10. The minimum absolute atomic E-state index is 0.0398. The second-order valence-corrected chi connectivity index (χ2v) is 9.12. The van der Waals surface area contributed by atoms with E-state index in [1.807, 2.05) is 70.2 Å². The molecule has 172 valence electrons. The summed E-state index contributed by atoms with van der Waals surface area (Å²) in [4.78, 5) is 18.0. The van der Waals surface area contributed by atoms with Crippen LogP contribution in [0.25, 0.3) is 16.6 Å². The Bertz CT molecular complexity index is 1290. The molecule has 8 nitrogen and oxygen atoms in total. The van der Waals surface area contributed by atoms with Gasteiger partial charge in [-0.1, -0.05) is 42.1 Å². The molecule has 2 aromatic heterocycles. The van der Waals surface area contributed by atoms with Gasteiger partial charge in [0.15, 0.2) is 11.0 Å². The Morgan fingerprint density at radius 1 is 1.06 bits per heavy atom. The summed E-state index contributed by atoms with van der Waals surface area (Å²) >= 11 is 1.47. The third-order valence-corrected chi connectivity index (χ3v) is 6.29. The third kappa shape index (κ3) is 5.15. The molecule has 0 spiro atoms. The van der Waals surface area contributed by atoms with Gasteiger partial charge in [-0.05, 0) is 67.8 Å². The molecule has 0 aliphatic carbocycles. The summed E-state index contributed by atoms with van der Waals surface area (Å²) in [6, 6.07) is 13.6. The molecule has 0 saturated carbocycles. The zero-order valence-corrected chi connectivity index (χ0v) is 20.2. The number of tetrazole rings is 1. The second-order valence-electron chi connectivity index (χ2n) is 8.18. The third-order valence-electron chi connectivity index (χ3n) is 5.32. The Balaban J connectivity index is 1.63. The minimum atomic E-state index is -0.0398. The number of aromatic nitrogens is 6. The van der Waals surface area contributed by atoms with Gasteiger partial charge in [0.25, 0.3) is 5.56 Å². The number of fused-ring (bicyclic) bond motifs is 1. The monoisotopic (exact) mass is 464 g/mol. The summed E-state index contributed by atoms with van der Waals surface area (Å²) in [6.45, 7) is 9.22. The lowest BCUT2D eigenvalue weighted by molar-refractivity contribution is 0.0743. The van der Waals surface area contributed by atoms with Gasteiger partial charge in [-0.15, -0.1) is 5.10 Å². The van der Waals surface area contributed by atoms with E-state index in [1.54, 1.807) is 9.25 Å². The van der Waals surface area contributed by atoms with Crippen molar-refractivity contribution in [3.8, 4) is 5.69 Å². The molecule has 0 atom stereocenters.